The number of nitrogens with zero attached hydrogens (tertiary/aromatic N) is 2. The number of imidazole rings is 1. The van der Waals surface area contributed by atoms with Crippen LogP contribution in [0.1, 0.15) is 45.2 Å². The molecule has 92 valence electrons. The van der Waals surface area contributed by atoms with Crippen LogP contribution in [0.3, 0.4) is 0 Å². The van der Waals surface area contributed by atoms with Gasteiger partial charge in [0, 0.05) is 12.7 Å². The van der Waals surface area contributed by atoms with E-state index >= 15 is 0 Å². The Bertz CT molecular complexity index is 278. The van der Waals surface area contributed by atoms with E-state index in [1.807, 2.05) is 6.33 Å². The molecule has 0 saturated heterocycles. The molecule has 0 saturated carbocycles. The second kappa shape index (κ2) is 7.44. The largest absolute Gasteiger partial charge is 0.337 e. The average molecular weight is 223 g/mol. The molecule has 3 nitrogen and oxygen atoms in total. The third-order valence-electron chi connectivity index (χ3n) is 2.67. The van der Waals surface area contributed by atoms with Crippen molar-refractivity contribution in [1.29, 1.82) is 0 Å². The Hall–Kier alpha value is -0.830. The molecule has 1 rings (SSSR count). The van der Waals surface area contributed by atoms with Gasteiger partial charge in [0.25, 0.3) is 0 Å². The van der Waals surface area contributed by atoms with Crippen molar-refractivity contribution in [2.45, 2.75) is 52.5 Å². The summed E-state index contributed by atoms with van der Waals surface area (Å²) in [7, 11) is 0. The number of aryl methyl sites for hydroxylation is 1. The van der Waals surface area contributed by atoms with Crippen LogP contribution in [0.4, 0.5) is 0 Å². The highest BCUT2D eigenvalue weighted by atomic mass is 15.0. The normalized spacial score (nSPS) is 11.2. The smallest absolute Gasteiger partial charge is 0.0949 e. The fourth-order valence-corrected chi connectivity index (χ4v) is 1.84. The zero-order chi connectivity index (χ0) is 11.8. The Kier molecular flexibility index (Phi) is 6.16. The minimum absolute atomic E-state index is 0.688. The molecule has 1 heterocycles. The lowest BCUT2D eigenvalue weighted by atomic mass is 10.1. The maximum Gasteiger partial charge on any atom is 0.0949 e. The second-order valence-corrected chi connectivity index (χ2v) is 4.90. The summed E-state index contributed by atoms with van der Waals surface area (Å²) in [6, 6.07) is 0. The molecule has 0 aromatic carbocycles. The van der Waals surface area contributed by atoms with E-state index < -0.39 is 0 Å². The predicted octanol–water partition coefficient (Wildman–Crippen LogP) is 2.60. The number of nitrogens with two attached hydrogens (primary N) is 1. The summed E-state index contributed by atoms with van der Waals surface area (Å²) in [5, 5.41) is 0. The van der Waals surface area contributed by atoms with Gasteiger partial charge >= 0.3 is 0 Å². The lowest BCUT2D eigenvalue weighted by Gasteiger charge is -2.02. The van der Waals surface area contributed by atoms with Crippen molar-refractivity contribution in [2.24, 2.45) is 11.7 Å². The quantitative estimate of drug-likeness (QED) is 0.688. The van der Waals surface area contributed by atoms with Crippen molar-refractivity contribution >= 4 is 0 Å². The summed E-state index contributed by atoms with van der Waals surface area (Å²) < 4.78 is 2.21. The first-order chi connectivity index (χ1) is 7.72. The van der Waals surface area contributed by atoms with E-state index in [9.17, 15) is 0 Å². The Morgan fingerprint density at radius 2 is 2.00 bits per heavy atom. The van der Waals surface area contributed by atoms with E-state index in [0.29, 0.717) is 5.92 Å². The zero-order valence-corrected chi connectivity index (χ0v) is 10.7. The number of hydrogen-bond acceptors (Lipinski definition) is 2. The molecule has 0 unspecified atom stereocenters. The topological polar surface area (TPSA) is 43.8 Å². The van der Waals surface area contributed by atoms with Gasteiger partial charge in [-0.1, -0.05) is 26.7 Å². The van der Waals surface area contributed by atoms with Gasteiger partial charge in [0.1, 0.15) is 0 Å². The Morgan fingerprint density at radius 3 is 2.69 bits per heavy atom. The molecule has 1 aromatic heterocycles. The lowest BCUT2D eigenvalue weighted by Crippen LogP contribution is -1.99. The number of hydrogen-bond donors (Lipinski definition) is 1. The first-order valence-electron chi connectivity index (χ1n) is 6.43. The summed E-state index contributed by atoms with van der Waals surface area (Å²) in [4.78, 5) is 4.41. The van der Waals surface area contributed by atoms with Crippen molar-refractivity contribution in [1.82, 2.24) is 9.55 Å². The van der Waals surface area contributed by atoms with Gasteiger partial charge in [-0.3, -0.25) is 0 Å². The molecule has 0 aliphatic rings. The molecule has 16 heavy (non-hydrogen) atoms. The van der Waals surface area contributed by atoms with E-state index in [-0.39, 0.29) is 0 Å². The molecule has 0 atom stereocenters. The second-order valence-electron chi connectivity index (χ2n) is 4.90. The molecule has 1 aromatic rings. The SMILES string of the molecule is CC(C)Cc1cn(CCCCCCN)cn1. The predicted molar refractivity (Wildman–Crippen MR) is 68.3 cm³/mol. The van der Waals surface area contributed by atoms with Crippen LogP contribution in [0.2, 0.25) is 0 Å². The van der Waals surface area contributed by atoms with Gasteiger partial charge in [-0.15, -0.1) is 0 Å². The van der Waals surface area contributed by atoms with E-state index in [2.05, 4.69) is 29.6 Å². The Morgan fingerprint density at radius 1 is 1.25 bits per heavy atom. The van der Waals surface area contributed by atoms with Crippen LogP contribution >= 0.6 is 0 Å². The summed E-state index contributed by atoms with van der Waals surface area (Å²) in [6.07, 6.45) is 10.1. The number of aromatic nitrogens is 2. The van der Waals surface area contributed by atoms with Gasteiger partial charge < -0.3 is 10.3 Å². The van der Waals surface area contributed by atoms with Crippen LogP contribution in [0.5, 0.6) is 0 Å². The fourth-order valence-electron chi connectivity index (χ4n) is 1.84. The molecular weight excluding hydrogens is 198 g/mol. The van der Waals surface area contributed by atoms with Crippen molar-refractivity contribution in [2.75, 3.05) is 6.54 Å². The maximum absolute atomic E-state index is 5.46. The molecule has 2 N–H and O–H groups in total. The van der Waals surface area contributed by atoms with Gasteiger partial charge in [-0.2, -0.15) is 0 Å². The molecule has 0 spiro atoms. The van der Waals surface area contributed by atoms with Crippen molar-refractivity contribution in [3.8, 4) is 0 Å². The molecular formula is C13H25N3. The third kappa shape index (κ3) is 5.31. The summed E-state index contributed by atoms with van der Waals surface area (Å²) in [5.41, 5.74) is 6.68. The van der Waals surface area contributed by atoms with Gasteiger partial charge in [-0.25, -0.2) is 4.98 Å². The van der Waals surface area contributed by atoms with Crippen LogP contribution in [0.15, 0.2) is 12.5 Å². The average Bonchev–Trinajstić information content (AvgIpc) is 2.64. The van der Waals surface area contributed by atoms with E-state index in [0.717, 1.165) is 25.9 Å². The summed E-state index contributed by atoms with van der Waals surface area (Å²) >= 11 is 0. The number of unbranched alkanes of at least 4 members (excludes halogenated alkanes) is 3. The minimum Gasteiger partial charge on any atom is -0.337 e. The van der Waals surface area contributed by atoms with Crippen molar-refractivity contribution in [3.05, 3.63) is 18.2 Å². The molecule has 0 aliphatic carbocycles. The van der Waals surface area contributed by atoms with Crippen LogP contribution in [0, 0.1) is 5.92 Å². The van der Waals surface area contributed by atoms with Gasteiger partial charge in [0.05, 0.1) is 12.0 Å². The standard InChI is InChI=1S/C13H25N3/c1-12(2)9-13-10-16(11-15-13)8-6-4-3-5-7-14/h10-12H,3-9,14H2,1-2H3. The summed E-state index contributed by atoms with van der Waals surface area (Å²) in [5.74, 6) is 0.688. The molecule has 0 amide bonds. The highest BCUT2D eigenvalue weighted by molar-refractivity contribution is 4.97. The molecule has 0 fully saturated rings. The zero-order valence-electron chi connectivity index (χ0n) is 10.7. The van der Waals surface area contributed by atoms with E-state index in [1.165, 1.54) is 25.0 Å². The highest BCUT2D eigenvalue weighted by Gasteiger charge is 2.01. The Balaban J connectivity index is 2.19. The Labute approximate surface area is 99.1 Å². The lowest BCUT2D eigenvalue weighted by molar-refractivity contribution is 0.573. The van der Waals surface area contributed by atoms with Crippen LogP contribution in [-0.4, -0.2) is 16.1 Å². The molecule has 0 radical (unpaired) electrons. The van der Waals surface area contributed by atoms with Gasteiger partial charge in [0.15, 0.2) is 0 Å². The monoisotopic (exact) mass is 223 g/mol. The fraction of sp³-hybridized carbons (Fsp3) is 0.769. The van der Waals surface area contributed by atoms with Crippen LogP contribution < -0.4 is 5.73 Å². The van der Waals surface area contributed by atoms with Crippen molar-refractivity contribution < 1.29 is 0 Å². The minimum atomic E-state index is 0.688. The first kappa shape index (κ1) is 13.2. The molecule has 0 aliphatic heterocycles. The van der Waals surface area contributed by atoms with Gasteiger partial charge in [0.2, 0.25) is 0 Å². The van der Waals surface area contributed by atoms with E-state index in [4.69, 9.17) is 5.73 Å². The van der Waals surface area contributed by atoms with Gasteiger partial charge in [-0.05, 0) is 31.7 Å². The third-order valence-corrected chi connectivity index (χ3v) is 2.67. The number of rotatable bonds is 8. The highest BCUT2D eigenvalue weighted by Crippen LogP contribution is 2.07. The molecule has 3 heteroatoms. The molecule has 0 bridgehead atoms. The van der Waals surface area contributed by atoms with E-state index in [1.54, 1.807) is 0 Å². The first-order valence-corrected chi connectivity index (χ1v) is 6.43. The van der Waals surface area contributed by atoms with Crippen LogP contribution in [0.25, 0.3) is 0 Å². The maximum atomic E-state index is 5.46. The summed E-state index contributed by atoms with van der Waals surface area (Å²) in [6.45, 7) is 6.37. The van der Waals surface area contributed by atoms with Crippen molar-refractivity contribution in [3.63, 3.8) is 0 Å². The van der Waals surface area contributed by atoms with Crippen LogP contribution in [-0.2, 0) is 13.0 Å².